The summed E-state index contributed by atoms with van der Waals surface area (Å²) in [6.45, 7) is 2.40. The van der Waals surface area contributed by atoms with Crippen molar-refractivity contribution in [1.29, 1.82) is 0 Å². The van der Waals surface area contributed by atoms with E-state index in [0.29, 0.717) is 18.4 Å². The molecule has 5 heteroatoms. The number of nitrogens with zero attached hydrogens (tertiary/aromatic N) is 2. The fourth-order valence-corrected chi connectivity index (χ4v) is 6.42. The fourth-order valence-electron chi connectivity index (χ4n) is 5.20. The van der Waals surface area contributed by atoms with Gasteiger partial charge in [-0.2, -0.15) is 0 Å². The Labute approximate surface area is 191 Å². The summed E-state index contributed by atoms with van der Waals surface area (Å²) >= 11 is 0. The quantitative estimate of drug-likeness (QED) is 0.538. The first-order chi connectivity index (χ1) is 15.6. The Bertz CT molecular complexity index is 1160. The SMILES string of the molecule is O=S(=O)(CCc1ccc2c(c1)C(Cc1ccccc1)C(N1CCC1)CC2)c1ccccn1. The molecule has 2 aromatic carbocycles. The van der Waals surface area contributed by atoms with Crippen LogP contribution in [0, 0.1) is 0 Å². The first-order valence-corrected chi connectivity index (χ1v) is 13.3. The molecule has 0 bridgehead atoms. The largest absolute Gasteiger partial charge is 0.300 e. The normalized spacial score (nSPS) is 21.0. The van der Waals surface area contributed by atoms with E-state index in [4.69, 9.17) is 0 Å². The van der Waals surface area contributed by atoms with Crippen LogP contribution in [-0.4, -0.2) is 43.2 Å². The third kappa shape index (κ3) is 4.50. The molecule has 32 heavy (non-hydrogen) atoms. The second-order valence-corrected chi connectivity index (χ2v) is 11.1. The number of rotatable bonds is 7. The maximum Gasteiger partial charge on any atom is 0.195 e. The molecule has 0 amide bonds. The predicted molar refractivity (Wildman–Crippen MR) is 128 cm³/mol. The second kappa shape index (κ2) is 9.16. The van der Waals surface area contributed by atoms with Crippen LogP contribution in [0.1, 0.15) is 41.0 Å². The molecule has 0 radical (unpaired) electrons. The predicted octanol–water partition coefficient (Wildman–Crippen LogP) is 4.44. The highest BCUT2D eigenvalue weighted by molar-refractivity contribution is 7.91. The third-order valence-corrected chi connectivity index (χ3v) is 8.68. The molecule has 1 fully saturated rings. The van der Waals surface area contributed by atoms with Crippen molar-refractivity contribution in [3.8, 4) is 0 Å². The average Bonchev–Trinajstić information content (AvgIpc) is 2.79. The van der Waals surface area contributed by atoms with Crippen LogP contribution in [0.3, 0.4) is 0 Å². The molecule has 0 N–H and O–H groups in total. The number of aryl methyl sites for hydroxylation is 2. The molecule has 1 aliphatic heterocycles. The van der Waals surface area contributed by atoms with E-state index < -0.39 is 9.84 Å². The van der Waals surface area contributed by atoms with Crippen LogP contribution in [0.4, 0.5) is 0 Å². The number of aromatic nitrogens is 1. The van der Waals surface area contributed by atoms with Crippen molar-refractivity contribution >= 4 is 9.84 Å². The summed E-state index contributed by atoms with van der Waals surface area (Å²) in [5.74, 6) is 0.538. The molecule has 166 valence electrons. The lowest BCUT2D eigenvalue weighted by molar-refractivity contribution is 0.0877. The van der Waals surface area contributed by atoms with Gasteiger partial charge >= 0.3 is 0 Å². The second-order valence-electron chi connectivity index (χ2n) is 9.06. The van der Waals surface area contributed by atoms with Crippen molar-refractivity contribution in [1.82, 2.24) is 9.88 Å². The van der Waals surface area contributed by atoms with E-state index in [-0.39, 0.29) is 10.8 Å². The van der Waals surface area contributed by atoms with Crippen LogP contribution in [0.15, 0.2) is 78.0 Å². The molecule has 2 heterocycles. The summed E-state index contributed by atoms with van der Waals surface area (Å²) in [4.78, 5) is 6.69. The minimum Gasteiger partial charge on any atom is -0.300 e. The Morgan fingerprint density at radius 1 is 0.938 bits per heavy atom. The Morgan fingerprint density at radius 3 is 2.47 bits per heavy atom. The van der Waals surface area contributed by atoms with Gasteiger partial charge in [0.1, 0.15) is 0 Å². The molecule has 0 saturated carbocycles. The maximum absolute atomic E-state index is 12.7. The van der Waals surface area contributed by atoms with Gasteiger partial charge in [-0.25, -0.2) is 13.4 Å². The number of likely N-dealkylation sites (tertiary alicyclic amines) is 1. The summed E-state index contributed by atoms with van der Waals surface area (Å²) in [7, 11) is -3.38. The lowest BCUT2D eigenvalue weighted by atomic mass is 9.74. The summed E-state index contributed by atoms with van der Waals surface area (Å²) < 4.78 is 25.4. The molecule has 5 rings (SSSR count). The molecule has 1 saturated heterocycles. The zero-order valence-corrected chi connectivity index (χ0v) is 19.2. The minimum absolute atomic E-state index is 0.0850. The number of fused-ring (bicyclic) bond motifs is 1. The van der Waals surface area contributed by atoms with E-state index in [0.717, 1.165) is 18.4 Å². The summed E-state index contributed by atoms with van der Waals surface area (Å²) in [6.07, 6.45) is 6.69. The number of hydrogen-bond acceptors (Lipinski definition) is 4. The zero-order chi connectivity index (χ0) is 22.0. The van der Waals surface area contributed by atoms with Crippen molar-refractivity contribution in [3.05, 3.63) is 95.2 Å². The maximum atomic E-state index is 12.7. The van der Waals surface area contributed by atoms with Gasteiger partial charge in [0.25, 0.3) is 0 Å². The first-order valence-electron chi connectivity index (χ1n) is 11.6. The van der Waals surface area contributed by atoms with Crippen molar-refractivity contribution in [2.45, 2.75) is 49.1 Å². The Kier molecular flexibility index (Phi) is 6.11. The van der Waals surface area contributed by atoms with Gasteiger partial charge in [0.15, 0.2) is 14.9 Å². The summed E-state index contributed by atoms with van der Waals surface area (Å²) in [6, 6.07) is 23.0. The van der Waals surface area contributed by atoms with E-state index in [1.807, 2.05) is 0 Å². The molecule has 4 nitrogen and oxygen atoms in total. The van der Waals surface area contributed by atoms with Gasteiger partial charge in [-0.05, 0) is 79.6 Å². The van der Waals surface area contributed by atoms with Crippen molar-refractivity contribution < 1.29 is 8.42 Å². The highest BCUT2D eigenvalue weighted by atomic mass is 32.2. The van der Waals surface area contributed by atoms with Gasteiger partial charge in [-0.1, -0.05) is 54.6 Å². The molecule has 0 spiro atoms. The Balaban J connectivity index is 1.40. The molecule has 3 aromatic rings. The van der Waals surface area contributed by atoms with Crippen LogP contribution in [-0.2, 0) is 29.1 Å². The highest BCUT2D eigenvalue weighted by Crippen LogP contribution is 2.39. The van der Waals surface area contributed by atoms with Gasteiger partial charge in [-0.3, -0.25) is 4.90 Å². The van der Waals surface area contributed by atoms with Gasteiger partial charge in [-0.15, -0.1) is 0 Å². The topological polar surface area (TPSA) is 50.3 Å². The van der Waals surface area contributed by atoms with Crippen LogP contribution >= 0.6 is 0 Å². The van der Waals surface area contributed by atoms with E-state index in [9.17, 15) is 8.42 Å². The van der Waals surface area contributed by atoms with Crippen LogP contribution in [0.2, 0.25) is 0 Å². The standard InChI is InChI=1S/C27H30N2O2S/c30-32(31,27-9-4-5-15-28-27)18-14-22-10-11-23-12-13-26(29-16-6-17-29)25(24(23)19-22)20-21-7-2-1-3-8-21/h1-5,7-11,15,19,25-26H,6,12-14,16-18,20H2. The molecule has 2 atom stereocenters. The third-order valence-electron chi connectivity index (χ3n) is 7.06. The summed E-state index contributed by atoms with van der Waals surface area (Å²) in [5.41, 5.74) is 5.33. The van der Waals surface area contributed by atoms with Crippen LogP contribution < -0.4 is 0 Å². The number of hydrogen-bond donors (Lipinski definition) is 0. The van der Waals surface area contributed by atoms with Gasteiger partial charge in [0.05, 0.1) is 5.75 Å². The van der Waals surface area contributed by atoms with Gasteiger partial charge in [0, 0.05) is 18.2 Å². The van der Waals surface area contributed by atoms with Gasteiger partial charge in [0.2, 0.25) is 0 Å². The molecule has 2 aliphatic rings. The van der Waals surface area contributed by atoms with Crippen molar-refractivity contribution in [2.75, 3.05) is 18.8 Å². The molecular formula is C27H30N2O2S. The molecule has 2 unspecified atom stereocenters. The molecular weight excluding hydrogens is 416 g/mol. The minimum atomic E-state index is -3.38. The lowest BCUT2D eigenvalue weighted by Gasteiger charge is -2.45. The van der Waals surface area contributed by atoms with Crippen molar-refractivity contribution in [3.63, 3.8) is 0 Å². The molecule has 1 aliphatic carbocycles. The number of benzene rings is 2. The average molecular weight is 447 g/mol. The van der Waals surface area contributed by atoms with E-state index in [2.05, 4.69) is 58.4 Å². The zero-order valence-electron chi connectivity index (χ0n) is 18.4. The van der Waals surface area contributed by atoms with Crippen LogP contribution in [0.25, 0.3) is 0 Å². The number of pyridine rings is 1. The Hall–Kier alpha value is -2.50. The Morgan fingerprint density at radius 2 is 1.75 bits per heavy atom. The summed E-state index contributed by atoms with van der Waals surface area (Å²) in [5, 5.41) is 0.165. The van der Waals surface area contributed by atoms with E-state index in [1.54, 1.807) is 18.2 Å². The van der Waals surface area contributed by atoms with Crippen LogP contribution in [0.5, 0.6) is 0 Å². The van der Waals surface area contributed by atoms with Gasteiger partial charge < -0.3 is 0 Å². The molecule has 1 aromatic heterocycles. The monoisotopic (exact) mass is 446 g/mol. The fraction of sp³-hybridized carbons (Fsp3) is 0.370. The smallest absolute Gasteiger partial charge is 0.195 e. The van der Waals surface area contributed by atoms with E-state index >= 15 is 0 Å². The van der Waals surface area contributed by atoms with E-state index in [1.165, 1.54) is 48.8 Å². The number of sulfone groups is 1. The van der Waals surface area contributed by atoms with Crippen molar-refractivity contribution in [2.24, 2.45) is 0 Å². The highest BCUT2D eigenvalue weighted by Gasteiger charge is 2.35. The first kappa shape index (κ1) is 21.4. The lowest BCUT2D eigenvalue weighted by Crippen LogP contribution is -2.49.